The van der Waals surface area contributed by atoms with Crippen molar-refractivity contribution in [1.29, 1.82) is 0 Å². The molecule has 3 rings (SSSR count). The lowest BCUT2D eigenvalue weighted by atomic mass is 10.1. The minimum atomic E-state index is -0.251. The Kier molecular flexibility index (Phi) is 5.08. The third-order valence-corrected chi connectivity index (χ3v) is 3.95. The van der Waals surface area contributed by atoms with E-state index in [9.17, 15) is 4.79 Å². The van der Waals surface area contributed by atoms with Gasteiger partial charge in [-0.25, -0.2) is 4.79 Å². The maximum Gasteiger partial charge on any atom is 0.319 e. The number of nitrogens with two attached hydrogens (primary N) is 1. The van der Waals surface area contributed by atoms with Crippen LogP contribution in [0.5, 0.6) is 5.75 Å². The summed E-state index contributed by atoms with van der Waals surface area (Å²) in [6.45, 7) is 0. The average Bonchev–Trinajstić information content (AvgIpc) is 2.92. The van der Waals surface area contributed by atoms with Gasteiger partial charge < -0.3 is 27.3 Å². The molecule has 0 heterocycles. The molecule has 1 aliphatic carbocycles. The normalized spacial score (nSPS) is 15.3. The molecule has 1 aliphatic rings. The van der Waals surface area contributed by atoms with Crippen LogP contribution in [0.25, 0.3) is 0 Å². The molecular formula is C17H22N4O2. The van der Waals surface area contributed by atoms with Crippen LogP contribution in [0.1, 0.15) is 23.6 Å². The number of carbonyl (C=O) groups excluding carboxylic acids is 1. The average molecular weight is 314 g/mol. The van der Waals surface area contributed by atoms with Crippen LogP contribution in [0.4, 0.5) is 16.2 Å². The third-order valence-electron chi connectivity index (χ3n) is 3.95. The standard InChI is InChI=1S/C17H19N3O2.H3N/c1-22-12-7-9-16(14(18)10-12)20-17(21)19-15-8-6-11-4-2-3-5-13(11)15;/h2-5,7,9-10,15H,6,8,18H2,1H3,(H2,19,20,21);1H3. The molecule has 23 heavy (non-hydrogen) atoms. The third kappa shape index (κ3) is 3.54. The molecule has 2 aromatic rings. The highest BCUT2D eigenvalue weighted by Gasteiger charge is 2.23. The van der Waals surface area contributed by atoms with Gasteiger partial charge in [0.05, 0.1) is 24.5 Å². The van der Waals surface area contributed by atoms with Crippen molar-refractivity contribution in [2.24, 2.45) is 0 Å². The molecule has 0 bridgehead atoms. The van der Waals surface area contributed by atoms with Gasteiger partial charge in [-0.3, -0.25) is 0 Å². The van der Waals surface area contributed by atoms with Crippen LogP contribution in [0, 0.1) is 0 Å². The number of nitrogens with one attached hydrogen (secondary N) is 2. The number of urea groups is 1. The van der Waals surface area contributed by atoms with Gasteiger partial charge in [0.25, 0.3) is 0 Å². The largest absolute Gasteiger partial charge is 0.497 e. The summed E-state index contributed by atoms with van der Waals surface area (Å²) in [5, 5.41) is 5.79. The van der Waals surface area contributed by atoms with E-state index >= 15 is 0 Å². The molecule has 0 saturated heterocycles. The Bertz CT molecular complexity index is 703. The second-order valence-electron chi connectivity index (χ2n) is 5.34. The summed E-state index contributed by atoms with van der Waals surface area (Å²) in [5.41, 5.74) is 9.45. The highest BCUT2D eigenvalue weighted by atomic mass is 16.5. The molecule has 0 fully saturated rings. The quantitative estimate of drug-likeness (QED) is 0.651. The number of carbonyl (C=O) groups is 1. The Morgan fingerprint density at radius 3 is 2.78 bits per heavy atom. The Morgan fingerprint density at radius 2 is 2.04 bits per heavy atom. The zero-order valence-electron chi connectivity index (χ0n) is 13.1. The summed E-state index contributed by atoms with van der Waals surface area (Å²) in [6, 6.07) is 13.2. The molecule has 0 aliphatic heterocycles. The molecule has 2 aromatic carbocycles. The summed E-state index contributed by atoms with van der Waals surface area (Å²) in [4.78, 5) is 12.2. The molecule has 7 N–H and O–H groups in total. The monoisotopic (exact) mass is 314 g/mol. The first-order chi connectivity index (χ1) is 10.7. The van der Waals surface area contributed by atoms with Gasteiger partial charge in [0.15, 0.2) is 0 Å². The molecule has 2 amide bonds. The van der Waals surface area contributed by atoms with Crippen LogP contribution in [-0.2, 0) is 6.42 Å². The maximum absolute atomic E-state index is 12.2. The van der Waals surface area contributed by atoms with Crippen molar-refractivity contribution in [3.63, 3.8) is 0 Å². The van der Waals surface area contributed by atoms with Gasteiger partial charge in [-0.1, -0.05) is 24.3 Å². The Labute approximate surface area is 135 Å². The number of benzene rings is 2. The number of methoxy groups -OCH3 is 1. The SMILES string of the molecule is COc1ccc(NC(=O)NC2CCc3ccccc32)c(N)c1.N. The van der Waals surface area contributed by atoms with Crippen LogP contribution in [0.2, 0.25) is 0 Å². The van der Waals surface area contributed by atoms with Gasteiger partial charge in [0.1, 0.15) is 5.75 Å². The van der Waals surface area contributed by atoms with E-state index in [0.717, 1.165) is 12.8 Å². The molecular weight excluding hydrogens is 292 g/mol. The van der Waals surface area contributed by atoms with E-state index in [1.54, 1.807) is 25.3 Å². The highest BCUT2D eigenvalue weighted by Crippen LogP contribution is 2.31. The first-order valence-corrected chi connectivity index (χ1v) is 7.26. The molecule has 0 aromatic heterocycles. The van der Waals surface area contributed by atoms with Crippen molar-refractivity contribution < 1.29 is 9.53 Å². The Hall–Kier alpha value is -2.73. The summed E-state index contributed by atoms with van der Waals surface area (Å²) >= 11 is 0. The summed E-state index contributed by atoms with van der Waals surface area (Å²) in [5.74, 6) is 0.660. The van der Waals surface area contributed by atoms with Gasteiger partial charge in [-0.2, -0.15) is 0 Å². The van der Waals surface area contributed by atoms with Crippen LogP contribution in [0.15, 0.2) is 42.5 Å². The highest BCUT2D eigenvalue weighted by molar-refractivity contribution is 5.93. The lowest BCUT2D eigenvalue weighted by Gasteiger charge is -2.16. The van der Waals surface area contributed by atoms with Crippen LogP contribution >= 0.6 is 0 Å². The number of hydrogen-bond donors (Lipinski definition) is 4. The minimum Gasteiger partial charge on any atom is -0.497 e. The number of hydrogen-bond acceptors (Lipinski definition) is 4. The van der Waals surface area contributed by atoms with Crippen molar-refractivity contribution in [2.45, 2.75) is 18.9 Å². The van der Waals surface area contributed by atoms with E-state index < -0.39 is 0 Å². The number of aryl methyl sites for hydroxylation is 1. The van der Waals surface area contributed by atoms with E-state index in [1.165, 1.54) is 11.1 Å². The molecule has 1 atom stereocenters. The van der Waals surface area contributed by atoms with E-state index in [2.05, 4.69) is 22.8 Å². The van der Waals surface area contributed by atoms with E-state index in [0.29, 0.717) is 17.1 Å². The molecule has 122 valence electrons. The number of rotatable bonds is 3. The number of ether oxygens (including phenoxy) is 1. The maximum atomic E-state index is 12.2. The number of anilines is 2. The van der Waals surface area contributed by atoms with Gasteiger partial charge in [-0.05, 0) is 36.1 Å². The van der Waals surface area contributed by atoms with Crippen LogP contribution < -0.4 is 27.3 Å². The first kappa shape index (κ1) is 16.6. The topological polar surface area (TPSA) is 111 Å². The molecule has 0 saturated carbocycles. The van der Waals surface area contributed by atoms with Gasteiger partial charge in [0.2, 0.25) is 0 Å². The lowest BCUT2D eigenvalue weighted by Crippen LogP contribution is -2.31. The van der Waals surface area contributed by atoms with Crippen molar-refractivity contribution >= 4 is 17.4 Å². The van der Waals surface area contributed by atoms with Crippen LogP contribution in [0.3, 0.4) is 0 Å². The van der Waals surface area contributed by atoms with Gasteiger partial charge in [-0.15, -0.1) is 0 Å². The molecule has 6 heteroatoms. The van der Waals surface area contributed by atoms with E-state index in [4.69, 9.17) is 10.5 Å². The number of nitrogen functional groups attached to an aromatic ring is 1. The fourth-order valence-corrected chi connectivity index (χ4v) is 2.81. The molecule has 0 spiro atoms. The number of fused-ring (bicyclic) bond motifs is 1. The molecule has 0 radical (unpaired) electrons. The van der Waals surface area contributed by atoms with E-state index in [1.807, 2.05) is 12.1 Å². The summed E-state index contributed by atoms with van der Waals surface area (Å²) < 4.78 is 5.09. The van der Waals surface area contributed by atoms with E-state index in [-0.39, 0.29) is 18.2 Å². The fourth-order valence-electron chi connectivity index (χ4n) is 2.81. The first-order valence-electron chi connectivity index (χ1n) is 7.26. The van der Waals surface area contributed by atoms with Crippen molar-refractivity contribution in [2.75, 3.05) is 18.2 Å². The zero-order valence-corrected chi connectivity index (χ0v) is 13.1. The van der Waals surface area contributed by atoms with Crippen molar-refractivity contribution in [1.82, 2.24) is 11.5 Å². The number of amides is 2. The lowest BCUT2D eigenvalue weighted by molar-refractivity contribution is 0.248. The fraction of sp³-hybridized carbons (Fsp3) is 0.235. The predicted octanol–water partition coefficient (Wildman–Crippen LogP) is 3.25. The zero-order chi connectivity index (χ0) is 15.5. The second-order valence-corrected chi connectivity index (χ2v) is 5.34. The smallest absolute Gasteiger partial charge is 0.319 e. The minimum absolute atomic E-state index is 0. The van der Waals surface area contributed by atoms with Gasteiger partial charge in [0, 0.05) is 6.07 Å². The Balaban J connectivity index is 0.00000192. The summed E-state index contributed by atoms with van der Waals surface area (Å²) in [6.07, 6.45) is 1.91. The second kappa shape index (κ2) is 7.02. The van der Waals surface area contributed by atoms with Gasteiger partial charge >= 0.3 is 6.03 Å². The van der Waals surface area contributed by atoms with Crippen molar-refractivity contribution in [3.05, 3.63) is 53.6 Å². The molecule has 6 nitrogen and oxygen atoms in total. The van der Waals surface area contributed by atoms with Crippen LogP contribution in [-0.4, -0.2) is 13.1 Å². The van der Waals surface area contributed by atoms with Crippen molar-refractivity contribution in [3.8, 4) is 5.75 Å². The predicted molar refractivity (Wildman–Crippen MR) is 92.1 cm³/mol. The molecule has 1 unspecified atom stereocenters. The summed E-state index contributed by atoms with van der Waals surface area (Å²) in [7, 11) is 1.58. The Morgan fingerprint density at radius 1 is 1.26 bits per heavy atom.